The molecule has 0 aliphatic heterocycles. The molecule has 13 heavy (non-hydrogen) atoms. The van der Waals surface area contributed by atoms with Crippen molar-refractivity contribution in [2.45, 2.75) is 22.8 Å². The van der Waals surface area contributed by atoms with Crippen molar-refractivity contribution in [1.29, 1.82) is 0 Å². The molecule has 9 heteroatoms. The molecule has 0 aromatic heterocycles. The van der Waals surface area contributed by atoms with Gasteiger partial charge in [-0.25, -0.2) is 8.78 Å². The summed E-state index contributed by atoms with van der Waals surface area (Å²) in [4.78, 5) is 0. The van der Waals surface area contributed by atoms with Crippen molar-refractivity contribution in [3.05, 3.63) is 0 Å². The van der Waals surface area contributed by atoms with E-state index in [0.29, 0.717) is 0 Å². The van der Waals surface area contributed by atoms with E-state index in [2.05, 4.69) is 23.2 Å². The van der Waals surface area contributed by atoms with Crippen molar-refractivity contribution in [2.24, 2.45) is 0 Å². The molecule has 80 valence electrons. The largest absolute Gasteiger partial charge is 0.421 e. The van der Waals surface area contributed by atoms with Crippen LogP contribution >= 0.6 is 23.2 Å². The van der Waals surface area contributed by atoms with Gasteiger partial charge in [-0.15, -0.1) is 0 Å². The van der Waals surface area contributed by atoms with Gasteiger partial charge in [-0.1, -0.05) is 23.2 Å². The molecule has 0 saturated carbocycles. The molecule has 0 saturated heterocycles. The van der Waals surface area contributed by atoms with E-state index in [9.17, 15) is 26.3 Å². The van der Waals surface area contributed by atoms with Crippen molar-refractivity contribution in [3.63, 3.8) is 0 Å². The van der Waals surface area contributed by atoms with E-state index in [4.69, 9.17) is 5.11 Å². The van der Waals surface area contributed by atoms with Gasteiger partial charge in [0.05, 0.1) is 0 Å². The molecule has 0 rings (SSSR count). The Kier molecular flexibility index (Phi) is 3.39. The minimum Gasteiger partial charge on any atom is -0.331 e. The van der Waals surface area contributed by atoms with Crippen molar-refractivity contribution in [2.75, 3.05) is 0 Å². The molecule has 0 aromatic rings. The fourth-order valence-electron chi connectivity index (χ4n) is 0.338. The first-order valence-corrected chi connectivity index (χ1v) is 3.40. The van der Waals surface area contributed by atoms with E-state index in [0.717, 1.165) is 0 Å². The van der Waals surface area contributed by atoms with E-state index < -0.39 is 22.8 Å². The summed E-state index contributed by atoms with van der Waals surface area (Å²) in [6.07, 6.45) is -5.80. The summed E-state index contributed by atoms with van der Waals surface area (Å²) in [6.45, 7) is 0. The third-order valence-corrected chi connectivity index (χ3v) is 1.91. The highest BCUT2D eigenvalue weighted by molar-refractivity contribution is 6.31. The van der Waals surface area contributed by atoms with Gasteiger partial charge in [0.15, 0.2) is 0 Å². The molecular weight excluding hydrogens is 249 g/mol. The second-order valence-corrected chi connectivity index (χ2v) is 2.97. The Morgan fingerprint density at radius 1 is 1.08 bits per heavy atom. The normalized spacial score (nSPS) is 21.0. The van der Waals surface area contributed by atoms with Gasteiger partial charge in [0.25, 0.3) is 5.13 Å². The van der Waals surface area contributed by atoms with Crippen molar-refractivity contribution in [3.8, 4) is 0 Å². The summed E-state index contributed by atoms with van der Waals surface area (Å²) in [6, 6.07) is 0. The number of hydrogen-bond acceptors (Lipinski definition) is 1. The number of halogens is 8. The van der Waals surface area contributed by atoms with Gasteiger partial charge in [-0.05, 0) is 0 Å². The van der Waals surface area contributed by atoms with Gasteiger partial charge < -0.3 is 5.11 Å². The molecule has 0 spiro atoms. The van der Waals surface area contributed by atoms with Gasteiger partial charge in [0.1, 0.15) is 0 Å². The van der Waals surface area contributed by atoms with Crippen LogP contribution in [0, 0.1) is 0 Å². The molecule has 1 N–H and O–H groups in total. The molecule has 1 nitrogen and oxygen atoms in total. The highest BCUT2D eigenvalue weighted by Gasteiger charge is 2.72. The smallest absolute Gasteiger partial charge is 0.331 e. The Labute approximate surface area is 78.2 Å². The summed E-state index contributed by atoms with van der Waals surface area (Å²) in [5.41, 5.74) is -3.60. The summed E-state index contributed by atoms with van der Waals surface area (Å²) in [5, 5.41) is 2.61. The van der Waals surface area contributed by atoms with E-state index in [1.165, 1.54) is 0 Å². The van der Waals surface area contributed by atoms with Crippen LogP contribution in [0.4, 0.5) is 26.3 Å². The fraction of sp³-hybridized carbons (Fsp3) is 1.00. The van der Waals surface area contributed by atoms with Gasteiger partial charge in [0.2, 0.25) is 5.63 Å². The third kappa shape index (κ3) is 2.13. The first-order valence-electron chi connectivity index (χ1n) is 2.58. The summed E-state index contributed by atoms with van der Waals surface area (Å²) in [7, 11) is 0. The molecule has 0 amide bonds. The minimum absolute atomic E-state index is 3.60. The first kappa shape index (κ1) is 13.1. The zero-order chi connectivity index (χ0) is 11.1. The van der Waals surface area contributed by atoms with Gasteiger partial charge in [0, 0.05) is 0 Å². The minimum atomic E-state index is -5.83. The van der Waals surface area contributed by atoms with E-state index in [1.807, 2.05) is 0 Å². The highest BCUT2D eigenvalue weighted by atomic mass is 35.5. The standard InChI is InChI=1S/C4H2Cl2F6O/c5-1(7)2(6,8)3(9,10)4(11,12)13/h1,13H. The average Bonchev–Trinajstić information content (AvgIpc) is 1.84. The summed E-state index contributed by atoms with van der Waals surface area (Å²) < 4.78 is 71.7. The Hall–Kier alpha value is 0.120. The maximum absolute atomic E-state index is 12.4. The lowest BCUT2D eigenvalue weighted by atomic mass is 10.2. The van der Waals surface area contributed by atoms with Crippen LogP contribution in [-0.2, 0) is 0 Å². The molecule has 0 heterocycles. The quantitative estimate of drug-likeness (QED) is 0.603. The van der Waals surface area contributed by atoms with Crippen LogP contribution in [0.2, 0.25) is 0 Å². The molecule has 0 aliphatic carbocycles. The lowest BCUT2D eigenvalue weighted by Gasteiger charge is -2.30. The number of hydrogen-bond donors (Lipinski definition) is 1. The molecule has 0 aromatic carbocycles. The Balaban J connectivity index is 5.04. The molecule has 2 unspecified atom stereocenters. The van der Waals surface area contributed by atoms with Gasteiger partial charge in [-0.2, -0.15) is 17.6 Å². The Morgan fingerprint density at radius 3 is 1.46 bits per heavy atom. The third-order valence-electron chi connectivity index (χ3n) is 1.07. The van der Waals surface area contributed by atoms with Crippen molar-refractivity contribution >= 4 is 23.2 Å². The summed E-state index contributed by atoms with van der Waals surface area (Å²) >= 11 is 8.25. The van der Waals surface area contributed by atoms with Crippen LogP contribution in [0.15, 0.2) is 0 Å². The number of aliphatic hydroxyl groups is 1. The molecule has 0 radical (unpaired) electrons. The zero-order valence-electron chi connectivity index (χ0n) is 5.55. The first-order chi connectivity index (χ1) is 5.44. The Morgan fingerprint density at radius 2 is 1.38 bits per heavy atom. The van der Waals surface area contributed by atoms with Crippen molar-refractivity contribution in [1.82, 2.24) is 0 Å². The molecular formula is C4H2Cl2F6O. The van der Waals surface area contributed by atoms with Crippen LogP contribution in [0.3, 0.4) is 0 Å². The fourth-order valence-corrected chi connectivity index (χ4v) is 0.588. The van der Waals surface area contributed by atoms with Crippen LogP contribution < -0.4 is 0 Å². The summed E-state index contributed by atoms with van der Waals surface area (Å²) in [5.74, 6) is -5.83. The maximum Gasteiger partial charge on any atom is 0.421 e. The lowest BCUT2D eigenvalue weighted by molar-refractivity contribution is -0.351. The Bertz CT molecular complexity index is 188. The average molecular weight is 251 g/mol. The topological polar surface area (TPSA) is 20.2 Å². The highest BCUT2D eigenvalue weighted by Crippen LogP contribution is 2.49. The van der Waals surface area contributed by atoms with E-state index in [1.54, 1.807) is 0 Å². The van der Waals surface area contributed by atoms with E-state index >= 15 is 0 Å². The van der Waals surface area contributed by atoms with Crippen LogP contribution in [0.1, 0.15) is 0 Å². The zero-order valence-corrected chi connectivity index (χ0v) is 7.06. The lowest BCUT2D eigenvalue weighted by Crippen LogP contribution is -2.56. The van der Waals surface area contributed by atoms with Crippen molar-refractivity contribution < 1.29 is 31.4 Å². The second-order valence-electron chi connectivity index (χ2n) is 2.04. The molecule has 0 aliphatic rings. The van der Waals surface area contributed by atoms with Crippen LogP contribution in [-0.4, -0.2) is 27.9 Å². The van der Waals surface area contributed by atoms with Gasteiger partial charge >= 0.3 is 12.0 Å². The number of alkyl halides is 8. The van der Waals surface area contributed by atoms with Gasteiger partial charge in [-0.3, -0.25) is 0 Å². The molecule has 0 bridgehead atoms. The maximum atomic E-state index is 12.4. The van der Waals surface area contributed by atoms with E-state index in [-0.39, 0.29) is 0 Å². The monoisotopic (exact) mass is 250 g/mol. The van der Waals surface area contributed by atoms with Crippen LogP contribution in [0.5, 0.6) is 0 Å². The second kappa shape index (κ2) is 3.36. The SMILES string of the molecule is OC(F)(F)C(F)(F)C(F)(Cl)C(F)Cl. The predicted molar refractivity (Wildman–Crippen MR) is 32.6 cm³/mol. The van der Waals surface area contributed by atoms with Crippen LogP contribution in [0.25, 0.3) is 0 Å². The molecule has 2 atom stereocenters. The predicted octanol–water partition coefficient (Wildman–Crippen LogP) is 2.65. The number of rotatable bonds is 3. The molecule has 0 fully saturated rings.